The Kier molecular flexibility index (Phi) is 8.07. The van der Waals surface area contributed by atoms with Crippen LogP contribution in [0.25, 0.3) is 0 Å². The van der Waals surface area contributed by atoms with Gasteiger partial charge in [0.15, 0.2) is 0 Å². The second-order valence-electron chi connectivity index (χ2n) is 7.37. The summed E-state index contributed by atoms with van der Waals surface area (Å²) in [6.07, 6.45) is 18.1. The molecule has 0 fully saturated rings. The Morgan fingerprint density at radius 3 is 2.50 bits per heavy atom. The van der Waals surface area contributed by atoms with E-state index in [1.54, 1.807) is 0 Å². The van der Waals surface area contributed by atoms with Crippen LogP contribution in [0.5, 0.6) is 0 Å². The minimum absolute atomic E-state index is 0.335. The summed E-state index contributed by atoms with van der Waals surface area (Å²) in [5.41, 5.74) is 8.90. The van der Waals surface area contributed by atoms with Crippen molar-refractivity contribution in [2.75, 3.05) is 5.32 Å². The van der Waals surface area contributed by atoms with Crippen molar-refractivity contribution in [2.24, 2.45) is 5.92 Å². The first kappa shape index (κ1) is 21.5. The van der Waals surface area contributed by atoms with E-state index < -0.39 is 0 Å². The van der Waals surface area contributed by atoms with Gasteiger partial charge in [0, 0.05) is 17.8 Å². The third-order valence-electron chi connectivity index (χ3n) is 5.11. The number of anilines is 1. The van der Waals surface area contributed by atoms with Crippen LogP contribution < -0.4 is 5.32 Å². The molecular formula is C27H33N. The Labute approximate surface area is 171 Å². The summed E-state index contributed by atoms with van der Waals surface area (Å²) in [6.45, 7) is 14.7. The molecule has 1 unspecified atom stereocenters. The van der Waals surface area contributed by atoms with E-state index in [9.17, 15) is 0 Å². The van der Waals surface area contributed by atoms with Crippen LogP contribution in [-0.4, -0.2) is 0 Å². The van der Waals surface area contributed by atoms with Crippen molar-refractivity contribution < 1.29 is 0 Å². The van der Waals surface area contributed by atoms with Gasteiger partial charge in [-0.1, -0.05) is 73.7 Å². The largest absolute Gasteiger partial charge is 0.361 e. The molecule has 0 bridgehead atoms. The average molecular weight is 372 g/mol. The summed E-state index contributed by atoms with van der Waals surface area (Å²) in [5, 5.41) is 3.44. The summed E-state index contributed by atoms with van der Waals surface area (Å²) in [6, 6.07) is 8.47. The fourth-order valence-corrected chi connectivity index (χ4v) is 3.57. The molecule has 0 spiro atoms. The van der Waals surface area contributed by atoms with Gasteiger partial charge < -0.3 is 5.32 Å². The molecule has 0 radical (unpaired) electrons. The maximum Gasteiger partial charge on any atom is 0.0380 e. The van der Waals surface area contributed by atoms with Crippen molar-refractivity contribution in [3.8, 4) is 0 Å². The lowest BCUT2D eigenvalue weighted by molar-refractivity contribution is 0.817. The number of benzene rings is 1. The van der Waals surface area contributed by atoms with Gasteiger partial charge >= 0.3 is 0 Å². The highest BCUT2D eigenvalue weighted by atomic mass is 14.8. The third kappa shape index (κ3) is 5.85. The maximum absolute atomic E-state index is 3.87. The Hall–Kier alpha value is -2.80. The van der Waals surface area contributed by atoms with Crippen molar-refractivity contribution in [1.29, 1.82) is 0 Å². The Balaban J connectivity index is 2.43. The number of allylic oxidation sites excluding steroid dienone is 12. The van der Waals surface area contributed by atoms with Crippen molar-refractivity contribution in [3.63, 3.8) is 0 Å². The SMILES string of the molecule is C=C\C=C(C)/C1=C(C)/C=C\C(=C/Nc2ccc(C)cc2)C/C=C(/C=C\C)C1C. The molecule has 28 heavy (non-hydrogen) atoms. The smallest absolute Gasteiger partial charge is 0.0380 e. The summed E-state index contributed by atoms with van der Waals surface area (Å²) in [4.78, 5) is 0. The molecule has 1 aromatic carbocycles. The van der Waals surface area contributed by atoms with Crippen LogP contribution in [0.2, 0.25) is 0 Å². The van der Waals surface area contributed by atoms with Crippen LogP contribution in [-0.2, 0) is 0 Å². The minimum Gasteiger partial charge on any atom is -0.361 e. The molecule has 0 amide bonds. The third-order valence-corrected chi connectivity index (χ3v) is 5.11. The van der Waals surface area contributed by atoms with Crippen molar-refractivity contribution in [3.05, 3.63) is 113 Å². The van der Waals surface area contributed by atoms with Crippen LogP contribution in [0, 0.1) is 12.8 Å². The summed E-state index contributed by atoms with van der Waals surface area (Å²) >= 11 is 0. The Morgan fingerprint density at radius 2 is 1.86 bits per heavy atom. The van der Waals surface area contributed by atoms with E-state index >= 15 is 0 Å². The molecule has 0 aromatic heterocycles. The highest BCUT2D eigenvalue weighted by Gasteiger charge is 2.16. The van der Waals surface area contributed by atoms with E-state index in [0.717, 1.165) is 12.1 Å². The fourth-order valence-electron chi connectivity index (χ4n) is 3.57. The Morgan fingerprint density at radius 1 is 1.14 bits per heavy atom. The van der Waals surface area contributed by atoms with Crippen LogP contribution >= 0.6 is 0 Å². The van der Waals surface area contributed by atoms with Crippen LogP contribution in [0.15, 0.2) is 107 Å². The Bertz CT molecular complexity index is 867. The molecule has 1 aromatic rings. The second kappa shape index (κ2) is 10.5. The first-order chi connectivity index (χ1) is 13.5. The van der Waals surface area contributed by atoms with E-state index in [-0.39, 0.29) is 0 Å². The first-order valence-corrected chi connectivity index (χ1v) is 9.99. The average Bonchev–Trinajstić information content (AvgIpc) is 2.72. The monoisotopic (exact) mass is 371 g/mol. The fraction of sp³-hybridized carbons (Fsp3) is 0.259. The molecular weight excluding hydrogens is 338 g/mol. The highest BCUT2D eigenvalue weighted by Crippen LogP contribution is 2.32. The van der Waals surface area contributed by atoms with Crippen LogP contribution in [0.4, 0.5) is 5.69 Å². The molecule has 0 heterocycles. The van der Waals surface area contributed by atoms with Gasteiger partial charge in [-0.2, -0.15) is 0 Å². The molecule has 1 heteroatoms. The summed E-state index contributed by atoms with van der Waals surface area (Å²) < 4.78 is 0. The number of nitrogens with one attached hydrogen (secondary N) is 1. The van der Waals surface area contributed by atoms with Crippen molar-refractivity contribution in [2.45, 2.75) is 41.0 Å². The molecule has 1 aliphatic rings. The topological polar surface area (TPSA) is 12.0 Å². The predicted molar refractivity (Wildman–Crippen MR) is 125 cm³/mol. The first-order valence-electron chi connectivity index (χ1n) is 9.99. The quantitative estimate of drug-likeness (QED) is 0.520. The van der Waals surface area contributed by atoms with Gasteiger partial charge in [-0.05, 0) is 74.1 Å². The molecule has 1 aliphatic carbocycles. The predicted octanol–water partition coefficient (Wildman–Crippen LogP) is 7.84. The molecule has 1 nitrogen and oxygen atoms in total. The summed E-state index contributed by atoms with van der Waals surface area (Å²) in [7, 11) is 0. The van der Waals surface area contributed by atoms with Crippen molar-refractivity contribution in [1.82, 2.24) is 0 Å². The lowest BCUT2D eigenvalue weighted by atomic mass is 9.84. The zero-order valence-electron chi connectivity index (χ0n) is 17.9. The lowest BCUT2D eigenvalue weighted by Crippen LogP contribution is -2.05. The van der Waals surface area contributed by atoms with Gasteiger partial charge in [0.25, 0.3) is 0 Å². The summed E-state index contributed by atoms with van der Waals surface area (Å²) in [5.74, 6) is 0.335. The van der Waals surface area contributed by atoms with Crippen molar-refractivity contribution >= 4 is 5.69 Å². The molecule has 0 saturated carbocycles. The molecule has 1 atom stereocenters. The minimum atomic E-state index is 0.335. The van der Waals surface area contributed by atoms with E-state index in [1.165, 1.54) is 33.4 Å². The second-order valence-corrected chi connectivity index (χ2v) is 7.37. The van der Waals surface area contributed by atoms with E-state index in [2.05, 4.69) is 113 Å². The standard InChI is InChI=1S/C27H33N/c1-7-9-21(4)27-22(5)13-14-24(15-16-25(10-8-2)23(27)6)19-28-26-17-11-20(3)12-18-26/h7-14,16-19,23,28H,1,15H2,2-6H3/b10-8-,14-13-,21-9-,24-19+,25-16-,27-22-. The van der Waals surface area contributed by atoms with Crippen LogP contribution in [0.1, 0.15) is 39.7 Å². The lowest BCUT2D eigenvalue weighted by Gasteiger charge is -2.20. The van der Waals surface area contributed by atoms with Crippen LogP contribution in [0.3, 0.4) is 0 Å². The number of rotatable bonds is 5. The molecule has 2 rings (SSSR count). The molecule has 146 valence electrons. The number of hydrogen-bond donors (Lipinski definition) is 1. The maximum atomic E-state index is 3.87. The molecule has 0 aliphatic heterocycles. The van der Waals surface area contributed by atoms with Gasteiger partial charge in [-0.3, -0.25) is 0 Å². The molecule has 0 saturated heterocycles. The normalized spacial score (nSPS) is 25.6. The zero-order chi connectivity index (χ0) is 20.5. The molecule has 1 N–H and O–H groups in total. The van der Waals surface area contributed by atoms with Gasteiger partial charge in [0.05, 0.1) is 0 Å². The van der Waals surface area contributed by atoms with Gasteiger partial charge in [0.1, 0.15) is 0 Å². The van der Waals surface area contributed by atoms with E-state index in [1.807, 2.05) is 6.08 Å². The number of hydrogen-bond acceptors (Lipinski definition) is 1. The van der Waals surface area contributed by atoms with Gasteiger partial charge in [-0.15, -0.1) is 0 Å². The number of aryl methyl sites for hydroxylation is 1. The van der Waals surface area contributed by atoms with E-state index in [4.69, 9.17) is 0 Å². The zero-order valence-corrected chi connectivity index (χ0v) is 17.9. The highest BCUT2D eigenvalue weighted by molar-refractivity contribution is 5.51. The van der Waals surface area contributed by atoms with E-state index in [0.29, 0.717) is 5.92 Å². The van der Waals surface area contributed by atoms with Gasteiger partial charge in [-0.25, -0.2) is 0 Å². The van der Waals surface area contributed by atoms with Gasteiger partial charge in [0.2, 0.25) is 0 Å².